The fraction of sp³-hybridized carbons (Fsp3) is 0.304. The number of hydrogen-bond donors (Lipinski definition) is 2. The first kappa shape index (κ1) is 17.0. The maximum absolute atomic E-state index is 13.5. The Morgan fingerprint density at radius 3 is 2.79 bits per heavy atom. The number of amides is 1. The van der Waals surface area contributed by atoms with Crippen LogP contribution in [0.1, 0.15) is 51.9 Å². The van der Waals surface area contributed by atoms with Gasteiger partial charge in [-0.15, -0.1) is 0 Å². The standard InChI is InChI=1S/C23H24N4O/c1-13-11-14(2)20-16(12-13)15(3)21(26-20)23(28)27-10-6-9-19(27)22-24-17-7-4-5-8-18(17)25-22/h4-5,7-8,11-12,19,26H,6,9-10H2,1-3H3,(H,24,25). The summed E-state index contributed by atoms with van der Waals surface area (Å²) in [5, 5.41) is 1.14. The monoisotopic (exact) mass is 372 g/mol. The molecule has 1 unspecified atom stereocenters. The third-order valence-corrected chi connectivity index (χ3v) is 5.96. The Kier molecular flexibility index (Phi) is 3.79. The predicted molar refractivity (Wildman–Crippen MR) is 112 cm³/mol. The molecule has 0 aliphatic carbocycles. The first-order chi connectivity index (χ1) is 13.5. The molecule has 142 valence electrons. The predicted octanol–water partition coefficient (Wildman–Crippen LogP) is 4.95. The van der Waals surface area contributed by atoms with Crippen molar-refractivity contribution in [2.45, 2.75) is 39.7 Å². The van der Waals surface area contributed by atoms with Crippen molar-refractivity contribution in [3.05, 3.63) is 64.6 Å². The van der Waals surface area contributed by atoms with E-state index in [0.717, 1.165) is 52.7 Å². The second kappa shape index (κ2) is 6.23. The molecule has 3 heterocycles. The first-order valence-electron chi connectivity index (χ1n) is 9.88. The molecule has 5 rings (SSSR count). The van der Waals surface area contributed by atoms with Crippen LogP contribution in [0.4, 0.5) is 0 Å². The summed E-state index contributed by atoms with van der Waals surface area (Å²) in [5.74, 6) is 0.946. The minimum absolute atomic E-state index is 0.00598. The molecular weight excluding hydrogens is 348 g/mol. The van der Waals surface area contributed by atoms with Crippen molar-refractivity contribution in [2.75, 3.05) is 6.54 Å². The molecule has 2 N–H and O–H groups in total. The van der Waals surface area contributed by atoms with Crippen LogP contribution in [-0.2, 0) is 0 Å². The van der Waals surface area contributed by atoms with Crippen LogP contribution in [-0.4, -0.2) is 32.3 Å². The molecule has 0 saturated carbocycles. The molecule has 1 aliphatic heterocycles. The largest absolute Gasteiger partial charge is 0.350 e. The number of aromatic amines is 2. The van der Waals surface area contributed by atoms with Gasteiger partial charge in [-0.25, -0.2) is 4.98 Å². The van der Waals surface area contributed by atoms with Gasteiger partial charge in [0.1, 0.15) is 11.5 Å². The molecule has 4 aromatic rings. The summed E-state index contributed by atoms with van der Waals surface area (Å²) in [7, 11) is 0. The van der Waals surface area contributed by atoms with Gasteiger partial charge in [0, 0.05) is 17.4 Å². The zero-order valence-electron chi connectivity index (χ0n) is 16.5. The van der Waals surface area contributed by atoms with E-state index in [1.54, 1.807) is 0 Å². The smallest absolute Gasteiger partial charge is 0.271 e. The van der Waals surface area contributed by atoms with E-state index in [1.165, 1.54) is 11.1 Å². The maximum atomic E-state index is 13.5. The van der Waals surface area contributed by atoms with Gasteiger partial charge in [-0.2, -0.15) is 0 Å². The summed E-state index contributed by atoms with van der Waals surface area (Å²) in [6, 6.07) is 12.3. The molecule has 1 aliphatic rings. The number of aromatic nitrogens is 3. The van der Waals surface area contributed by atoms with E-state index in [1.807, 2.05) is 36.1 Å². The fourth-order valence-corrected chi connectivity index (χ4v) is 4.56. The average molecular weight is 372 g/mol. The molecule has 0 radical (unpaired) electrons. The molecule has 2 aromatic carbocycles. The van der Waals surface area contributed by atoms with Crippen molar-refractivity contribution < 1.29 is 4.79 Å². The Balaban J connectivity index is 1.54. The van der Waals surface area contributed by atoms with Crippen LogP contribution in [0.15, 0.2) is 36.4 Å². The quantitative estimate of drug-likeness (QED) is 0.523. The van der Waals surface area contributed by atoms with Crippen molar-refractivity contribution in [1.29, 1.82) is 0 Å². The van der Waals surface area contributed by atoms with E-state index in [9.17, 15) is 4.79 Å². The number of rotatable bonds is 2. The highest BCUT2D eigenvalue weighted by Gasteiger charge is 2.34. The number of fused-ring (bicyclic) bond motifs is 2. The Bertz CT molecular complexity index is 1180. The van der Waals surface area contributed by atoms with E-state index in [0.29, 0.717) is 5.69 Å². The van der Waals surface area contributed by atoms with Crippen molar-refractivity contribution in [3.8, 4) is 0 Å². The lowest BCUT2D eigenvalue weighted by Crippen LogP contribution is -2.31. The van der Waals surface area contributed by atoms with Gasteiger partial charge < -0.3 is 14.9 Å². The molecule has 1 amide bonds. The van der Waals surface area contributed by atoms with Crippen molar-refractivity contribution in [2.24, 2.45) is 0 Å². The number of benzene rings is 2. The second-order valence-electron chi connectivity index (χ2n) is 7.93. The summed E-state index contributed by atoms with van der Waals surface area (Å²) in [4.78, 5) is 27.0. The van der Waals surface area contributed by atoms with Gasteiger partial charge in [0.25, 0.3) is 5.91 Å². The zero-order chi connectivity index (χ0) is 19.4. The lowest BCUT2D eigenvalue weighted by Gasteiger charge is -2.23. The van der Waals surface area contributed by atoms with Crippen LogP contribution in [0.25, 0.3) is 21.9 Å². The number of para-hydroxylation sites is 2. The summed E-state index contributed by atoms with van der Waals surface area (Å²) >= 11 is 0. The van der Waals surface area contributed by atoms with Gasteiger partial charge in [-0.05, 0) is 62.9 Å². The first-order valence-corrected chi connectivity index (χ1v) is 9.88. The molecular formula is C23H24N4O. The Morgan fingerprint density at radius 2 is 1.96 bits per heavy atom. The third kappa shape index (κ3) is 2.53. The lowest BCUT2D eigenvalue weighted by atomic mass is 10.1. The number of hydrogen-bond acceptors (Lipinski definition) is 2. The van der Waals surface area contributed by atoms with Crippen LogP contribution >= 0.6 is 0 Å². The van der Waals surface area contributed by atoms with Gasteiger partial charge in [-0.1, -0.05) is 23.8 Å². The molecule has 1 fully saturated rings. The molecule has 1 atom stereocenters. The lowest BCUT2D eigenvalue weighted by molar-refractivity contribution is 0.0725. The summed E-state index contributed by atoms with van der Waals surface area (Å²) in [6.45, 7) is 6.98. The minimum Gasteiger partial charge on any atom is -0.350 e. The van der Waals surface area contributed by atoms with Crippen LogP contribution in [0.5, 0.6) is 0 Å². The second-order valence-corrected chi connectivity index (χ2v) is 7.93. The fourth-order valence-electron chi connectivity index (χ4n) is 4.56. The van der Waals surface area contributed by atoms with E-state index in [-0.39, 0.29) is 11.9 Å². The van der Waals surface area contributed by atoms with Gasteiger partial charge in [0.05, 0.1) is 17.1 Å². The summed E-state index contributed by atoms with van der Waals surface area (Å²) < 4.78 is 0. The van der Waals surface area contributed by atoms with Crippen molar-refractivity contribution >= 4 is 27.8 Å². The van der Waals surface area contributed by atoms with E-state index >= 15 is 0 Å². The number of likely N-dealkylation sites (tertiary alicyclic amines) is 1. The molecule has 28 heavy (non-hydrogen) atoms. The van der Waals surface area contributed by atoms with E-state index in [4.69, 9.17) is 4.98 Å². The number of H-pyrrole nitrogens is 2. The zero-order valence-corrected chi connectivity index (χ0v) is 16.5. The summed E-state index contributed by atoms with van der Waals surface area (Å²) in [5.41, 5.74) is 7.15. The number of imidazole rings is 1. The molecule has 0 spiro atoms. The maximum Gasteiger partial charge on any atom is 0.271 e. The highest BCUT2D eigenvalue weighted by atomic mass is 16.2. The Labute approximate surface area is 163 Å². The Hall–Kier alpha value is -3.08. The van der Waals surface area contributed by atoms with Gasteiger partial charge in [-0.3, -0.25) is 4.79 Å². The number of carbonyl (C=O) groups excluding carboxylic acids is 1. The molecule has 5 heteroatoms. The van der Waals surface area contributed by atoms with E-state index < -0.39 is 0 Å². The van der Waals surface area contributed by atoms with Crippen molar-refractivity contribution in [3.63, 3.8) is 0 Å². The number of carbonyl (C=O) groups is 1. The van der Waals surface area contributed by atoms with Crippen LogP contribution in [0, 0.1) is 20.8 Å². The Morgan fingerprint density at radius 1 is 1.14 bits per heavy atom. The number of nitrogens with zero attached hydrogens (tertiary/aromatic N) is 2. The van der Waals surface area contributed by atoms with Crippen LogP contribution in [0.2, 0.25) is 0 Å². The van der Waals surface area contributed by atoms with Crippen LogP contribution in [0.3, 0.4) is 0 Å². The number of nitrogens with one attached hydrogen (secondary N) is 2. The molecule has 5 nitrogen and oxygen atoms in total. The van der Waals surface area contributed by atoms with Crippen molar-refractivity contribution in [1.82, 2.24) is 19.9 Å². The van der Waals surface area contributed by atoms with E-state index in [2.05, 4.69) is 35.9 Å². The highest BCUT2D eigenvalue weighted by Crippen LogP contribution is 2.34. The van der Waals surface area contributed by atoms with Gasteiger partial charge in [0.15, 0.2) is 0 Å². The SMILES string of the molecule is Cc1cc(C)c2[nH]c(C(=O)N3CCCC3c3nc4ccccc4[nH]3)c(C)c2c1. The highest BCUT2D eigenvalue weighted by molar-refractivity contribution is 6.02. The topological polar surface area (TPSA) is 64.8 Å². The third-order valence-electron chi connectivity index (χ3n) is 5.96. The van der Waals surface area contributed by atoms with Gasteiger partial charge in [0.2, 0.25) is 0 Å². The minimum atomic E-state index is -0.00598. The molecule has 0 bridgehead atoms. The average Bonchev–Trinajstić information content (AvgIpc) is 3.38. The summed E-state index contributed by atoms with van der Waals surface area (Å²) in [6.07, 6.45) is 1.92. The normalized spacial score (nSPS) is 17.1. The van der Waals surface area contributed by atoms with Gasteiger partial charge >= 0.3 is 0 Å². The number of aryl methyl sites for hydroxylation is 3. The molecule has 1 saturated heterocycles. The molecule has 2 aromatic heterocycles. The van der Waals surface area contributed by atoms with Crippen LogP contribution < -0.4 is 0 Å².